The topological polar surface area (TPSA) is 174 Å². The predicted octanol–water partition coefficient (Wildman–Crippen LogP) is 2.74. The molecule has 0 saturated carbocycles. The van der Waals surface area contributed by atoms with Gasteiger partial charge in [0.25, 0.3) is 0 Å². The molecule has 1 aliphatic heterocycles. The van der Waals surface area contributed by atoms with E-state index in [1.165, 1.54) is 24.8 Å². The number of likely N-dealkylation sites (tertiary alicyclic amines) is 1. The highest BCUT2D eigenvalue weighted by molar-refractivity contribution is 5.88. The number of aromatic nitrogens is 3. The van der Waals surface area contributed by atoms with Crippen LogP contribution in [0.25, 0.3) is 11.4 Å². The molecule has 0 amide bonds. The van der Waals surface area contributed by atoms with Gasteiger partial charge in [0.15, 0.2) is 11.4 Å². The fraction of sp³-hybridized carbons (Fsp3) is 0.357. The van der Waals surface area contributed by atoms with Crippen molar-refractivity contribution in [1.29, 1.82) is 0 Å². The lowest BCUT2D eigenvalue weighted by Crippen LogP contribution is -2.42. The Hall–Kier alpha value is -4.22. The highest BCUT2D eigenvalue weighted by Gasteiger charge is 2.40. The average Bonchev–Trinajstić information content (AvgIpc) is 2.90. The predicted molar refractivity (Wildman–Crippen MR) is 141 cm³/mol. The van der Waals surface area contributed by atoms with Crippen molar-refractivity contribution in [3.63, 3.8) is 0 Å². The Morgan fingerprint density at radius 1 is 0.897 bits per heavy atom. The molecular weight excluding hydrogens is 504 g/mol. The lowest BCUT2D eigenvalue weighted by molar-refractivity contribution is -0.170. The van der Waals surface area contributed by atoms with Gasteiger partial charge in [0.2, 0.25) is 0 Å². The van der Waals surface area contributed by atoms with E-state index in [0.717, 1.165) is 42.6 Å². The zero-order chi connectivity index (χ0) is 28.3. The lowest BCUT2D eigenvalue weighted by Gasteiger charge is -2.31. The quantitative estimate of drug-likeness (QED) is 0.300. The second-order valence-electron chi connectivity index (χ2n) is 9.50. The SMILES string of the molecule is O=C(O)CC(O)(CC(=O)O)C(=O)O.c1ccc(CC2CCN(Cc3ccnc(-c4cccnc4)n3)CC2)cc1. The minimum absolute atomic E-state index is 0.759. The van der Waals surface area contributed by atoms with E-state index < -0.39 is 36.4 Å². The van der Waals surface area contributed by atoms with Crippen LogP contribution < -0.4 is 0 Å². The fourth-order valence-corrected chi connectivity index (χ4v) is 4.36. The number of carboxylic acid groups (broad SMARTS) is 3. The Balaban J connectivity index is 0.000000276. The van der Waals surface area contributed by atoms with Crippen molar-refractivity contribution in [2.24, 2.45) is 5.92 Å². The summed E-state index contributed by atoms with van der Waals surface area (Å²) in [5.41, 5.74) is 0.775. The van der Waals surface area contributed by atoms with Crippen molar-refractivity contribution >= 4 is 17.9 Å². The van der Waals surface area contributed by atoms with E-state index in [-0.39, 0.29) is 0 Å². The zero-order valence-electron chi connectivity index (χ0n) is 21.4. The van der Waals surface area contributed by atoms with Gasteiger partial charge in [-0.2, -0.15) is 0 Å². The third-order valence-corrected chi connectivity index (χ3v) is 6.38. The minimum Gasteiger partial charge on any atom is -0.481 e. The first-order valence-corrected chi connectivity index (χ1v) is 12.5. The van der Waals surface area contributed by atoms with Crippen molar-refractivity contribution in [3.8, 4) is 11.4 Å². The average molecular weight is 537 g/mol. The van der Waals surface area contributed by atoms with E-state index in [1.807, 2.05) is 30.6 Å². The van der Waals surface area contributed by atoms with Crippen LogP contribution in [-0.2, 0) is 27.3 Å². The zero-order valence-corrected chi connectivity index (χ0v) is 21.4. The van der Waals surface area contributed by atoms with Gasteiger partial charge in [-0.25, -0.2) is 14.8 Å². The van der Waals surface area contributed by atoms with Crippen molar-refractivity contribution in [2.75, 3.05) is 13.1 Å². The normalized spacial score (nSPS) is 14.2. The molecule has 1 saturated heterocycles. The van der Waals surface area contributed by atoms with E-state index in [1.54, 1.807) is 6.20 Å². The Labute approximate surface area is 225 Å². The van der Waals surface area contributed by atoms with Crippen molar-refractivity contribution in [3.05, 3.63) is 78.4 Å². The number of pyridine rings is 1. The molecule has 0 bridgehead atoms. The van der Waals surface area contributed by atoms with Crippen LogP contribution in [0.3, 0.4) is 0 Å². The third-order valence-electron chi connectivity index (χ3n) is 6.38. The smallest absolute Gasteiger partial charge is 0.336 e. The standard InChI is InChI=1S/C22H24N4.C6H8O7/c1-2-5-18(6-3-1)15-19-9-13-26(14-10-19)17-21-8-12-24-22(25-21)20-7-4-11-23-16-20;7-3(8)1-6(13,5(11)12)2-4(9)10/h1-8,11-12,16,19H,9-10,13-15,17H2;13H,1-2H2,(H,7,8)(H,9,10)(H,11,12). The van der Waals surface area contributed by atoms with Gasteiger partial charge in [-0.1, -0.05) is 30.3 Å². The lowest BCUT2D eigenvalue weighted by atomic mass is 9.90. The second kappa shape index (κ2) is 14.1. The van der Waals surface area contributed by atoms with Gasteiger partial charge in [-0.05, 0) is 62.0 Å². The molecule has 206 valence electrons. The molecule has 0 atom stereocenters. The molecule has 1 aromatic carbocycles. The molecule has 11 heteroatoms. The summed E-state index contributed by atoms with van der Waals surface area (Å²) in [6, 6.07) is 16.8. The minimum atomic E-state index is -2.74. The van der Waals surface area contributed by atoms with Crippen LogP contribution in [0.1, 0.15) is 36.9 Å². The summed E-state index contributed by atoms with van der Waals surface area (Å²) in [6.45, 7) is 3.18. The van der Waals surface area contributed by atoms with Gasteiger partial charge in [0.05, 0.1) is 18.5 Å². The Kier molecular flexibility index (Phi) is 10.6. The summed E-state index contributed by atoms with van der Waals surface area (Å²) in [7, 11) is 0. The number of aliphatic hydroxyl groups is 1. The van der Waals surface area contributed by atoms with Crippen molar-refractivity contribution < 1.29 is 34.8 Å². The number of carbonyl (C=O) groups is 3. The molecule has 39 heavy (non-hydrogen) atoms. The summed E-state index contributed by atoms with van der Waals surface area (Å²) in [4.78, 5) is 46.3. The summed E-state index contributed by atoms with van der Waals surface area (Å²) >= 11 is 0. The summed E-state index contributed by atoms with van der Waals surface area (Å²) in [6.07, 6.45) is 6.87. The number of piperidine rings is 1. The Morgan fingerprint density at radius 3 is 2.13 bits per heavy atom. The molecule has 4 rings (SSSR count). The van der Waals surface area contributed by atoms with E-state index >= 15 is 0 Å². The van der Waals surface area contributed by atoms with Gasteiger partial charge in [-0.15, -0.1) is 0 Å². The highest BCUT2D eigenvalue weighted by atomic mass is 16.4. The molecule has 3 aromatic rings. The Bertz CT molecular complexity index is 1220. The third kappa shape index (κ3) is 9.55. The molecule has 2 aromatic heterocycles. The van der Waals surface area contributed by atoms with Crippen molar-refractivity contribution in [1.82, 2.24) is 19.9 Å². The number of aliphatic carboxylic acids is 3. The Morgan fingerprint density at radius 2 is 1.56 bits per heavy atom. The van der Waals surface area contributed by atoms with Gasteiger partial charge in [0.1, 0.15) is 0 Å². The molecule has 0 radical (unpaired) electrons. The number of carboxylic acids is 3. The maximum Gasteiger partial charge on any atom is 0.336 e. The highest BCUT2D eigenvalue weighted by Crippen LogP contribution is 2.23. The van der Waals surface area contributed by atoms with Crippen LogP contribution in [0, 0.1) is 5.92 Å². The van der Waals surface area contributed by atoms with Gasteiger partial charge < -0.3 is 20.4 Å². The van der Waals surface area contributed by atoms with E-state index in [0.29, 0.717) is 0 Å². The van der Waals surface area contributed by atoms with E-state index in [2.05, 4.69) is 45.2 Å². The van der Waals surface area contributed by atoms with Crippen LogP contribution in [0.2, 0.25) is 0 Å². The van der Waals surface area contributed by atoms with Gasteiger partial charge >= 0.3 is 17.9 Å². The van der Waals surface area contributed by atoms with Gasteiger partial charge in [-0.3, -0.25) is 19.5 Å². The fourth-order valence-electron chi connectivity index (χ4n) is 4.36. The van der Waals surface area contributed by atoms with Crippen LogP contribution >= 0.6 is 0 Å². The van der Waals surface area contributed by atoms with Crippen LogP contribution in [-0.4, -0.2) is 76.9 Å². The largest absolute Gasteiger partial charge is 0.481 e. The monoisotopic (exact) mass is 536 g/mol. The maximum atomic E-state index is 10.3. The first kappa shape index (κ1) is 29.3. The summed E-state index contributed by atoms with van der Waals surface area (Å²) in [5.74, 6) is -3.46. The number of benzene rings is 1. The number of hydrogen-bond acceptors (Lipinski definition) is 8. The maximum absolute atomic E-state index is 10.3. The van der Waals surface area contributed by atoms with Crippen molar-refractivity contribution in [2.45, 2.75) is 44.2 Å². The molecule has 0 aliphatic carbocycles. The number of rotatable bonds is 10. The molecule has 1 fully saturated rings. The van der Waals surface area contributed by atoms with Crippen LogP contribution in [0.4, 0.5) is 0 Å². The first-order valence-electron chi connectivity index (χ1n) is 12.5. The van der Waals surface area contributed by atoms with Crippen LogP contribution in [0.15, 0.2) is 67.1 Å². The molecule has 11 nitrogen and oxygen atoms in total. The molecular formula is C28H32N4O7. The van der Waals surface area contributed by atoms with E-state index in [4.69, 9.17) is 25.4 Å². The molecule has 3 heterocycles. The van der Waals surface area contributed by atoms with Gasteiger partial charge in [0, 0.05) is 30.7 Å². The molecule has 4 N–H and O–H groups in total. The summed E-state index contributed by atoms with van der Waals surface area (Å²) < 4.78 is 0. The molecule has 0 unspecified atom stereocenters. The molecule has 0 spiro atoms. The summed E-state index contributed by atoms with van der Waals surface area (Å²) in [5, 5.41) is 33.8. The second-order valence-corrected chi connectivity index (χ2v) is 9.50. The molecule has 1 aliphatic rings. The van der Waals surface area contributed by atoms with E-state index in [9.17, 15) is 14.4 Å². The number of nitrogens with zero attached hydrogens (tertiary/aromatic N) is 4. The number of hydrogen-bond donors (Lipinski definition) is 4. The first-order chi connectivity index (χ1) is 18.6. The van der Waals surface area contributed by atoms with Crippen LogP contribution in [0.5, 0.6) is 0 Å².